The topological polar surface area (TPSA) is 81.7 Å². The average molecular weight is 299 g/mol. The highest BCUT2D eigenvalue weighted by Crippen LogP contribution is 2.24. The van der Waals surface area contributed by atoms with E-state index in [0.717, 1.165) is 38.9 Å². The maximum absolute atomic E-state index is 12.0. The second-order valence-electron chi connectivity index (χ2n) is 5.84. The number of amides is 2. The van der Waals surface area contributed by atoms with Crippen molar-refractivity contribution in [1.82, 2.24) is 15.5 Å². The zero-order valence-electron chi connectivity index (χ0n) is 13.4. The first-order valence-electron chi connectivity index (χ1n) is 8.00. The fourth-order valence-electron chi connectivity index (χ4n) is 2.95. The van der Waals surface area contributed by atoms with E-state index in [4.69, 9.17) is 0 Å². The van der Waals surface area contributed by atoms with Crippen LogP contribution in [0.5, 0.6) is 0 Å². The Bertz CT molecular complexity index is 345. The Kier molecular flexibility index (Phi) is 7.50. The molecule has 21 heavy (non-hydrogen) atoms. The molecule has 3 atom stereocenters. The Balaban J connectivity index is 2.42. The highest BCUT2D eigenvalue weighted by Gasteiger charge is 2.31. The van der Waals surface area contributed by atoms with Gasteiger partial charge in [0.1, 0.15) is 0 Å². The van der Waals surface area contributed by atoms with E-state index in [0.29, 0.717) is 6.42 Å². The van der Waals surface area contributed by atoms with Crippen molar-refractivity contribution in [3.8, 4) is 0 Å². The third-order valence-corrected chi connectivity index (χ3v) is 4.20. The summed E-state index contributed by atoms with van der Waals surface area (Å²) < 4.78 is 0. The lowest BCUT2D eigenvalue weighted by Gasteiger charge is -2.30. The summed E-state index contributed by atoms with van der Waals surface area (Å²) in [5.74, 6) is -1.27. The van der Waals surface area contributed by atoms with Gasteiger partial charge in [0.2, 0.25) is 0 Å². The minimum atomic E-state index is -0.809. The Morgan fingerprint density at radius 1 is 1.24 bits per heavy atom. The van der Waals surface area contributed by atoms with Gasteiger partial charge in [-0.15, -0.1) is 0 Å². The lowest BCUT2D eigenvalue weighted by Crippen LogP contribution is -2.52. The molecule has 2 amide bonds. The number of nitrogens with one attached hydrogen (secondary N) is 2. The summed E-state index contributed by atoms with van der Waals surface area (Å²) in [7, 11) is 0. The average Bonchev–Trinajstić information content (AvgIpc) is 2.44. The van der Waals surface area contributed by atoms with E-state index >= 15 is 0 Å². The molecular weight excluding hydrogens is 270 g/mol. The Morgan fingerprint density at radius 3 is 2.43 bits per heavy atom. The van der Waals surface area contributed by atoms with Crippen LogP contribution in [0.3, 0.4) is 0 Å². The minimum absolute atomic E-state index is 0.0387. The molecule has 0 aromatic carbocycles. The molecule has 6 heteroatoms. The maximum Gasteiger partial charge on any atom is 0.315 e. The van der Waals surface area contributed by atoms with Crippen molar-refractivity contribution in [2.45, 2.75) is 58.5 Å². The first-order chi connectivity index (χ1) is 9.97. The fraction of sp³-hybridized carbons (Fsp3) is 0.867. The Morgan fingerprint density at radius 2 is 1.86 bits per heavy atom. The van der Waals surface area contributed by atoms with Crippen LogP contribution in [0, 0.1) is 5.92 Å². The molecule has 0 aromatic heterocycles. The molecule has 122 valence electrons. The number of aliphatic carboxylic acids is 1. The number of hydrogen-bond acceptors (Lipinski definition) is 3. The molecule has 1 fully saturated rings. The number of carboxylic acids is 1. The number of nitrogens with zero attached hydrogens (tertiary/aromatic N) is 1. The number of carbonyl (C=O) groups excluding carboxylic acids is 1. The SMILES string of the molecule is CCN(CC)CC(C)NC(=O)NC1CCCCC1C(=O)O. The van der Waals surface area contributed by atoms with Gasteiger partial charge < -0.3 is 20.6 Å². The molecule has 1 aliphatic rings. The van der Waals surface area contributed by atoms with Crippen molar-refractivity contribution in [1.29, 1.82) is 0 Å². The van der Waals surface area contributed by atoms with E-state index in [1.54, 1.807) is 0 Å². The summed E-state index contributed by atoms with van der Waals surface area (Å²) in [4.78, 5) is 25.5. The Labute approximate surface area is 127 Å². The molecule has 0 saturated heterocycles. The third-order valence-electron chi connectivity index (χ3n) is 4.20. The molecule has 1 saturated carbocycles. The van der Waals surface area contributed by atoms with Gasteiger partial charge in [-0.25, -0.2) is 4.79 Å². The lowest BCUT2D eigenvalue weighted by atomic mass is 9.84. The van der Waals surface area contributed by atoms with Gasteiger partial charge in [-0.1, -0.05) is 26.7 Å². The van der Waals surface area contributed by atoms with Crippen molar-refractivity contribution in [3.63, 3.8) is 0 Å². The molecule has 1 aliphatic carbocycles. The van der Waals surface area contributed by atoms with Crippen LogP contribution in [-0.4, -0.2) is 53.7 Å². The van der Waals surface area contributed by atoms with Gasteiger partial charge >= 0.3 is 12.0 Å². The van der Waals surface area contributed by atoms with Gasteiger partial charge in [-0.2, -0.15) is 0 Å². The highest BCUT2D eigenvalue weighted by atomic mass is 16.4. The van der Waals surface area contributed by atoms with E-state index < -0.39 is 11.9 Å². The molecular formula is C15H29N3O3. The van der Waals surface area contributed by atoms with E-state index in [9.17, 15) is 14.7 Å². The number of carboxylic acid groups (broad SMARTS) is 1. The third kappa shape index (κ3) is 5.91. The Hall–Kier alpha value is -1.30. The van der Waals surface area contributed by atoms with E-state index in [2.05, 4.69) is 29.4 Å². The van der Waals surface area contributed by atoms with E-state index in [1.807, 2.05) is 6.92 Å². The number of likely N-dealkylation sites (N-methyl/N-ethyl adjacent to an activating group) is 1. The van der Waals surface area contributed by atoms with Crippen LogP contribution in [-0.2, 0) is 4.79 Å². The summed E-state index contributed by atoms with van der Waals surface area (Å²) >= 11 is 0. The van der Waals surface area contributed by atoms with Crippen molar-refractivity contribution < 1.29 is 14.7 Å². The second kappa shape index (κ2) is 8.87. The monoisotopic (exact) mass is 299 g/mol. The van der Waals surface area contributed by atoms with Crippen molar-refractivity contribution >= 4 is 12.0 Å². The number of carbonyl (C=O) groups is 2. The number of urea groups is 1. The van der Waals surface area contributed by atoms with Crippen LogP contribution in [0.15, 0.2) is 0 Å². The summed E-state index contributed by atoms with van der Waals surface area (Å²) in [6.45, 7) is 8.86. The largest absolute Gasteiger partial charge is 0.481 e. The standard InChI is InChI=1S/C15H29N3O3/c1-4-18(5-2)10-11(3)16-15(21)17-13-9-7-6-8-12(13)14(19)20/h11-13H,4-10H2,1-3H3,(H,19,20)(H2,16,17,21). The van der Waals surface area contributed by atoms with Gasteiger partial charge in [-0.05, 0) is 32.9 Å². The van der Waals surface area contributed by atoms with Crippen LogP contribution in [0.4, 0.5) is 4.79 Å². The number of hydrogen-bond donors (Lipinski definition) is 3. The van der Waals surface area contributed by atoms with Gasteiger partial charge in [0.05, 0.1) is 5.92 Å². The molecule has 0 spiro atoms. The highest BCUT2D eigenvalue weighted by molar-refractivity contribution is 5.77. The second-order valence-corrected chi connectivity index (χ2v) is 5.84. The smallest absolute Gasteiger partial charge is 0.315 e. The van der Waals surface area contributed by atoms with Gasteiger partial charge in [0, 0.05) is 18.6 Å². The molecule has 0 aromatic rings. The molecule has 0 bridgehead atoms. The minimum Gasteiger partial charge on any atom is -0.481 e. The van der Waals surface area contributed by atoms with Crippen LogP contribution in [0.2, 0.25) is 0 Å². The summed E-state index contributed by atoms with van der Waals surface area (Å²) in [6.07, 6.45) is 3.29. The summed E-state index contributed by atoms with van der Waals surface area (Å²) in [6, 6.07) is -0.471. The molecule has 3 unspecified atom stereocenters. The van der Waals surface area contributed by atoms with Crippen molar-refractivity contribution in [3.05, 3.63) is 0 Å². The molecule has 0 radical (unpaired) electrons. The zero-order valence-corrected chi connectivity index (χ0v) is 13.4. The predicted octanol–water partition coefficient (Wildman–Crippen LogP) is 1.66. The fourth-order valence-corrected chi connectivity index (χ4v) is 2.95. The quantitative estimate of drug-likeness (QED) is 0.668. The maximum atomic E-state index is 12.0. The predicted molar refractivity (Wildman–Crippen MR) is 82.3 cm³/mol. The van der Waals surface area contributed by atoms with Crippen molar-refractivity contribution in [2.75, 3.05) is 19.6 Å². The normalized spacial score (nSPS) is 23.6. The number of rotatable bonds is 7. The van der Waals surface area contributed by atoms with Gasteiger partial charge in [-0.3, -0.25) is 4.79 Å². The first kappa shape index (κ1) is 17.8. The van der Waals surface area contributed by atoms with Gasteiger partial charge in [0.25, 0.3) is 0 Å². The van der Waals surface area contributed by atoms with Crippen molar-refractivity contribution in [2.24, 2.45) is 5.92 Å². The summed E-state index contributed by atoms with van der Waals surface area (Å²) in [5, 5.41) is 15.0. The zero-order chi connectivity index (χ0) is 15.8. The molecule has 0 aliphatic heterocycles. The van der Waals surface area contributed by atoms with E-state index in [-0.39, 0.29) is 18.1 Å². The van der Waals surface area contributed by atoms with Gasteiger partial charge in [0.15, 0.2) is 0 Å². The van der Waals surface area contributed by atoms with E-state index in [1.165, 1.54) is 0 Å². The lowest BCUT2D eigenvalue weighted by molar-refractivity contribution is -0.143. The van der Waals surface area contributed by atoms with Crippen LogP contribution in [0.25, 0.3) is 0 Å². The van der Waals surface area contributed by atoms with Crippen LogP contribution < -0.4 is 10.6 Å². The molecule has 1 rings (SSSR count). The molecule has 0 heterocycles. The van der Waals surface area contributed by atoms with Crippen LogP contribution in [0.1, 0.15) is 46.5 Å². The first-order valence-corrected chi connectivity index (χ1v) is 8.00. The molecule has 3 N–H and O–H groups in total. The van der Waals surface area contributed by atoms with Crippen LogP contribution >= 0.6 is 0 Å². The molecule has 6 nitrogen and oxygen atoms in total. The summed E-state index contributed by atoms with van der Waals surface area (Å²) in [5.41, 5.74) is 0.